The molecule has 2 aromatic carbocycles. The minimum Gasteiger partial charge on any atom is -0.311 e. The lowest BCUT2D eigenvalue weighted by molar-refractivity contribution is -0.114. The lowest BCUT2D eigenvalue weighted by atomic mass is 9.93. The second kappa shape index (κ2) is 6.85. The van der Waals surface area contributed by atoms with Gasteiger partial charge in [0.2, 0.25) is 5.91 Å². The molecule has 0 atom stereocenters. The van der Waals surface area contributed by atoms with Crippen molar-refractivity contribution in [1.82, 2.24) is 4.98 Å². The molecule has 25 heavy (non-hydrogen) atoms. The number of carbonyl (C=O) groups excluding carboxylic acids is 1. The maximum absolute atomic E-state index is 13.3. The van der Waals surface area contributed by atoms with E-state index in [1.807, 2.05) is 6.07 Å². The van der Waals surface area contributed by atoms with E-state index in [1.165, 1.54) is 24.6 Å². The molecule has 4 heteroatoms. The molecule has 0 spiro atoms. The zero-order chi connectivity index (χ0) is 18.0. The summed E-state index contributed by atoms with van der Waals surface area (Å²) >= 11 is 0. The number of anilines is 1. The van der Waals surface area contributed by atoms with Gasteiger partial charge in [0.1, 0.15) is 11.6 Å². The third kappa shape index (κ3) is 3.74. The van der Waals surface area contributed by atoms with Crippen molar-refractivity contribution in [1.29, 1.82) is 0 Å². The van der Waals surface area contributed by atoms with Crippen LogP contribution in [0.3, 0.4) is 0 Å². The number of nitrogens with zero attached hydrogens (tertiary/aromatic N) is 1. The number of nitrogens with one attached hydrogen (secondary N) is 1. The normalized spacial score (nSPS) is 10.6. The maximum Gasteiger partial charge on any atom is 0.222 e. The molecule has 0 radical (unpaired) electrons. The standard InChI is InChI=1S/C21H19FN2O/c1-13-4-9-18(14(2)10-13)20-12-23-21(24-15(3)25)11-19(20)16-5-7-17(22)8-6-16/h4-12H,1-3H3,(H,23,24,25). The lowest BCUT2D eigenvalue weighted by Crippen LogP contribution is -2.07. The molecule has 0 aliphatic heterocycles. The topological polar surface area (TPSA) is 42.0 Å². The first-order valence-corrected chi connectivity index (χ1v) is 8.05. The van der Waals surface area contributed by atoms with Crippen LogP contribution in [0.2, 0.25) is 0 Å². The fourth-order valence-electron chi connectivity index (χ4n) is 2.90. The summed E-state index contributed by atoms with van der Waals surface area (Å²) in [4.78, 5) is 15.7. The zero-order valence-electron chi connectivity index (χ0n) is 14.4. The van der Waals surface area contributed by atoms with Gasteiger partial charge in [-0.2, -0.15) is 0 Å². The van der Waals surface area contributed by atoms with Gasteiger partial charge in [-0.1, -0.05) is 35.9 Å². The van der Waals surface area contributed by atoms with Crippen molar-refractivity contribution in [3.63, 3.8) is 0 Å². The monoisotopic (exact) mass is 334 g/mol. The molecule has 3 aromatic rings. The van der Waals surface area contributed by atoms with Crippen LogP contribution in [0.15, 0.2) is 54.7 Å². The van der Waals surface area contributed by atoms with Crippen molar-refractivity contribution in [3.05, 3.63) is 71.7 Å². The molecular formula is C21H19FN2O. The summed E-state index contributed by atoms with van der Waals surface area (Å²) in [5.74, 6) is 0.00474. The molecule has 0 saturated heterocycles. The molecule has 1 heterocycles. The Bertz CT molecular complexity index is 933. The Kier molecular flexibility index (Phi) is 4.61. The van der Waals surface area contributed by atoms with Gasteiger partial charge < -0.3 is 5.32 Å². The number of hydrogen-bond donors (Lipinski definition) is 1. The van der Waals surface area contributed by atoms with Gasteiger partial charge in [-0.25, -0.2) is 9.37 Å². The quantitative estimate of drug-likeness (QED) is 0.721. The van der Waals surface area contributed by atoms with Crippen LogP contribution in [-0.2, 0) is 4.79 Å². The van der Waals surface area contributed by atoms with Crippen LogP contribution in [0, 0.1) is 19.7 Å². The van der Waals surface area contributed by atoms with Gasteiger partial charge in [0.15, 0.2) is 0 Å². The van der Waals surface area contributed by atoms with Crippen LogP contribution in [0.5, 0.6) is 0 Å². The summed E-state index contributed by atoms with van der Waals surface area (Å²) in [6.45, 7) is 5.55. The number of rotatable bonds is 3. The van der Waals surface area contributed by atoms with E-state index in [-0.39, 0.29) is 11.7 Å². The molecule has 0 fully saturated rings. The summed E-state index contributed by atoms with van der Waals surface area (Å²) in [5, 5.41) is 2.70. The second-order valence-electron chi connectivity index (χ2n) is 6.12. The van der Waals surface area contributed by atoms with E-state index >= 15 is 0 Å². The largest absolute Gasteiger partial charge is 0.311 e. The summed E-state index contributed by atoms with van der Waals surface area (Å²) in [6, 6.07) is 14.4. The minimum absolute atomic E-state index is 0.183. The van der Waals surface area contributed by atoms with E-state index in [1.54, 1.807) is 18.3 Å². The first-order valence-electron chi connectivity index (χ1n) is 8.05. The molecule has 0 aliphatic rings. The summed E-state index contributed by atoms with van der Waals surface area (Å²) < 4.78 is 13.3. The Morgan fingerprint density at radius 2 is 1.68 bits per heavy atom. The lowest BCUT2D eigenvalue weighted by Gasteiger charge is -2.14. The number of benzene rings is 2. The second-order valence-corrected chi connectivity index (χ2v) is 6.12. The maximum atomic E-state index is 13.3. The van der Waals surface area contributed by atoms with Crippen LogP contribution < -0.4 is 5.32 Å². The van der Waals surface area contributed by atoms with Gasteiger partial charge in [-0.3, -0.25) is 4.79 Å². The van der Waals surface area contributed by atoms with E-state index in [2.05, 4.69) is 42.3 Å². The van der Waals surface area contributed by atoms with E-state index in [0.717, 1.165) is 27.8 Å². The number of carbonyl (C=O) groups is 1. The summed E-state index contributed by atoms with van der Waals surface area (Å²) in [6.07, 6.45) is 1.75. The Morgan fingerprint density at radius 3 is 2.32 bits per heavy atom. The first kappa shape index (κ1) is 16.8. The molecule has 1 aromatic heterocycles. The van der Waals surface area contributed by atoms with Crippen molar-refractivity contribution in [2.24, 2.45) is 0 Å². The summed E-state index contributed by atoms with van der Waals surface area (Å²) in [5.41, 5.74) is 6.09. The average molecular weight is 334 g/mol. The average Bonchev–Trinajstić information content (AvgIpc) is 2.55. The van der Waals surface area contributed by atoms with Crippen molar-refractivity contribution < 1.29 is 9.18 Å². The first-order chi connectivity index (χ1) is 11.9. The van der Waals surface area contributed by atoms with Crippen molar-refractivity contribution in [2.75, 3.05) is 5.32 Å². The Morgan fingerprint density at radius 1 is 0.960 bits per heavy atom. The van der Waals surface area contributed by atoms with Crippen molar-refractivity contribution in [3.8, 4) is 22.3 Å². The van der Waals surface area contributed by atoms with Crippen molar-refractivity contribution >= 4 is 11.7 Å². The highest BCUT2D eigenvalue weighted by Gasteiger charge is 2.12. The SMILES string of the molecule is CC(=O)Nc1cc(-c2ccc(F)cc2)c(-c2ccc(C)cc2C)cn1. The number of aryl methyl sites for hydroxylation is 2. The smallest absolute Gasteiger partial charge is 0.222 e. The molecule has 3 nitrogen and oxygen atoms in total. The Balaban J connectivity index is 2.20. The van der Waals surface area contributed by atoms with Crippen LogP contribution >= 0.6 is 0 Å². The van der Waals surface area contributed by atoms with Gasteiger partial charge >= 0.3 is 0 Å². The third-order valence-electron chi connectivity index (χ3n) is 4.04. The molecule has 0 saturated carbocycles. The highest BCUT2D eigenvalue weighted by molar-refractivity contribution is 5.91. The van der Waals surface area contributed by atoms with Crippen LogP contribution in [0.25, 0.3) is 22.3 Å². The third-order valence-corrected chi connectivity index (χ3v) is 4.04. The fraction of sp³-hybridized carbons (Fsp3) is 0.143. The van der Waals surface area contributed by atoms with E-state index in [4.69, 9.17) is 0 Å². The number of pyridine rings is 1. The number of halogens is 1. The van der Waals surface area contributed by atoms with E-state index in [0.29, 0.717) is 5.82 Å². The van der Waals surface area contributed by atoms with Crippen LogP contribution in [0.4, 0.5) is 10.2 Å². The summed E-state index contributed by atoms with van der Waals surface area (Å²) in [7, 11) is 0. The molecule has 0 unspecified atom stereocenters. The molecular weight excluding hydrogens is 315 g/mol. The number of amides is 1. The van der Waals surface area contributed by atoms with Gasteiger partial charge in [-0.15, -0.1) is 0 Å². The van der Waals surface area contributed by atoms with E-state index in [9.17, 15) is 9.18 Å². The fourth-order valence-corrected chi connectivity index (χ4v) is 2.90. The molecule has 0 aliphatic carbocycles. The molecule has 3 rings (SSSR count). The Hall–Kier alpha value is -3.01. The number of hydrogen-bond acceptors (Lipinski definition) is 2. The van der Waals surface area contributed by atoms with Gasteiger partial charge in [0, 0.05) is 18.7 Å². The predicted octanol–water partition coefficient (Wildman–Crippen LogP) is 5.13. The highest BCUT2D eigenvalue weighted by atomic mass is 19.1. The Labute approximate surface area is 146 Å². The van der Waals surface area contributed by atoms with Gasteiger partial charge in [-0.05, 0) is 54.3 Å². The number of aromatic nitrogens is 1. The molecule has 1 amide bonds. The molecule has 1 N–H and O–H groups in total. The van der Waals surface area contributed by atoms with Crippen LogP contribution in [-0.4, -0.2) is 10.9 Å². The van der Waals surface area contributed by atoms with Crippen molar-refractivity contribution in [2.45, 2.75) is 20.8 Å². The molecule has 126 valence electrons. The molecule has 0 bridgehead atoms. The van der Waals surface area contributed by atoms with Gasteiger partial charge in [0.25, 0.3) is 0 Å². The van der Waals surface area contributed by atoms with E-state index < -0.39 is 0 Å². The zero-order valence-corrected chi connectivity index (χ0v) is 14.4. The van der Waals surface area contributed by atoms with Crippen LogP contribution in [0.1, 0.15) is 18.1 Å². The predicted molar refractivity (Wildman–Crippen MR) is 98.8 cm³/mol. The van der Waals surface area contributed by atoms with Gasteiger partial charge in [0.05, 0.1) is 0 Å². The minimum atomic E-state index is -0.284. The highest BCUT2D eigenvalue weighted by Crippen LogP contribution is 2.35.